The van der Waals surface area contributed by atoms with Crippen LogP contribution in [0.2, 0.25) is 0 Å². The molecule has 5 rings (SSSR count). The molecular formula is C27H31N3O3. The number of carbonyl (C=O) groups excluding carboxylic acids is 1. The number of rotatable bonds is 7. The molecule has 2 fully saturated rings. The number of amides is 1. The zero-order valence-corrected chi connectivity index (χ0v) is 19.0. The van der Waals surface area contributed by atoms with Crippen LogP contribution in [-0.4, -0.2) is 48.3 Å². The Labute approximate surface area is 195 Å². The van der Waals surface area contributed by atoms with Crippen LogP contribution in [0.5, 0.6) is 0 Å². The van der Waals surface area contributed by atoms with Gasteiger partial charge in [0.25, 0.3) is 5.91 Å². The zero-order chi connectivity index (χ0) is 22.5. The van der Waals surface area contributed by atoms with E-state index in [1.807, 2.05) is 65.6 Å². The molecule has 1 aromatic heterocycles. The number of hydrogen-bond donors (Lipinski definition) is 0. The summed E-state index contributed by atoms with van der Waals surface area (Å²) in [7, 11) is 0. The average Bonchev–Trinajstić information content (AvgIpc) is 3.55. The van der Waals surface area contributed by atoms with Crippen molar-refractivity contribution in [2.75, 3.05) is 31.1 Å². The van der Waals surface area contributed by atoms with E-state index in [9.17, 15) is 4.79 Å². The number of anilines is 1. The largest absolute Gasteiger partial charge is 0.376 e. The van der Waals surface area contributed by atoms with E-state index >= 15 is 0 Å². The summed E-state index contributed by atoms with van der Waals surface area (Å²) in [6, 6.07) is 19.6. The molecule has 2 aliphatic heterocycles. The van der Waals surface area contributed by atoms with Gasteiger partial charge in [0.2, 0.25) is 5.88 Å². The summed E-state index contributed by atoms with van der Waals surface area (Å²) in [5.41, 5.74) is 3.48. The molecule has 0 bridgehead atoms. The number of benzene rings is 2. The maximum Gasteiger partial charge on any atom is 0.254 e. The maximum atomic E-state index is 13.6. The fourth-order valence-electron chi connectivity index (χ4n) is 4.82. The number of nitrogens with zero attached hydrogens (tertiary/aromatic N) is 3. The van der Waals surface area contributed by atoms with Crippen molar-refractivity contribution >= 4 is 11.8 Å². The molecule has 3 aromatic rings. The summed E-state index contributed by atoms with van der Waals surface area (Å²) < 4.78 is 11.9. The molecule has 2 aliphatic rings. The van der Waals surface area contributed by atoms with Gasteiger partial charge in [0.1, 0.15) is 5.69 Å². The highest BCUT2D eigenvalue weighted by Crippen LogP contribution is 2.34. The van der Waals surface area contributed by atoms with Crippen molar-refractivity contribution in [2.24, 2.45) is 0 Å². The molecule has 2 saturated heterocycles. The Morgan fingerprint density at radius 1 is 0.970 bits per heavy atom. The van der Waals surface area contributed by atoms with Gasteiger partial charge < -0.3 is 19.1 Å². The Morgan fingerprint density at radius 2 is 1.70 bits per heavy atom. The van der Waals surface area contributed by atoms with Crippen molar-refractivity contribution in [1.29, 1.82) is 0 Å². The molecule has 0 aliphatic carbocycles. The van der Waals surface area contributed by atoms with Gasteiger partial charge >= 0.3 is 0 Å². The molecule has 1 atom stereocenters. The lowest BCUT2D eigenvalue weighted by molar-refractivity contribution is 0.0507. The van der Waals surface area contributed by atoms with E-state index in [1.54, 1.807) is 0 Å². The molecule has 172 valence electrons. The first-order chi connectivity index (χ1) is 16.3. The second-order valence-corrected chi connectivity index (χ2v) is 8.92. The molecule has 2 aromatic carbocycles. The van der Waals surface area contributed by atoms with Crippen LogP contribution in [0.3, 0.4) is 0 Å². The summed E-state index contributed by atoms with van der Waals surface area (Å²) >= 11 is 0. The summed E-state index contributed by atoms with van der Waals surface area (Å²) in [6.45, 7) is 3.67. The van der Waals surface area contributed by atoms with Crippen molar-refractivity contribution in [3.05, 3.63) is 71.8 Å². The van der Waals surface area contributed by atoms with Crippen molar-refractivity contribution in [1.82, 2.24) is 10.1 Å². The Hall–Kier alpha value is -3.12. The fourth-order valence-corrected chi connectivity index (χ4v) is 4.82. The van der Waals surface area contributed by atoms with Gasteiger partial charge in [-0.3, -0.25) is 4.79 Å². The predicted octanol–water partition coefficient (Wildman–Crippen LogP) is 5.15. The highest BCUT2D eigenvalue weighted by atomic mass is 16.5. The summed E-state index contributed by atoms with van der Waals surface area (Å²) in [5, 5.41) is 4.49. The van der Waals surface area contributed by atoms with Gasteiger partial charge in [-0.1, -0.05) is 53.7 Å². The Morgan fingerprint density at radius 3 is 2.39 bits per heavy atom. The number of piperidine rings is 1. The number of hydrogen-bond acceptors (Lipinski definition) is 5. The molecule has 0 spiro atoms. The van der Waals surface area contributed by atoms with Crippen LogP contribution in [0.1, 0.15) is 48.0 Å². The standard InChI is InChI=1S/C27H31N3O3/c31-26(22-13-6-2-7-14-22)30(19-23-15-10-18-32-23)20-24-25(21-11-4-1-5-12-21)28-33-27(24)29-16-8-3-9-17-29/h1-2,4-7,11-14,23H,3,8-10,15-20H2/t23-/m1/s1. The minimum atomic E-state index is 0.0101. The van der Waals surface area contributed by atoms with Gasteiger partial charge in [0.05, 0.1) is 18.2 Å². The van der Waals surface area contributed by atoms with Crippen molar-refractivity contribution < 1.29 is 14.1 Å². The van der Waals surface area contributed by atoms with Gasteiger partial charge in [0, 0.05) is 37.4 Å². The molecule has 0 unspecified atom stereocenters. The molecule has 0 N–H and O–H groups in total. The smallest absolute Gasteiger partial charge is 0.254 e. The lowest BCUT2D eigenvalue weighted by Gasteiger charge is -2.29. The minimum absolute atomic E-state index is 0.0101. The quantitative estimate of drug-likeness (QED) is 0.503. The first kappa shape index (κ1) is 21.7. The molecule has 0 radical (unpaired) electrons. The molecule has 1 amide bonds. The highest BCUT2D eigenvalue weighted by Gasteiger charge is 2.29. The first-order valence-corrected chi connectivity index (χ1v) is 12.0. The van der Waals surface area contributed by atoms with E-state index in [-0.39, 0.29) is 12.0 Å². The van der Waals surface area contributed by atoms with Crippen LogP contribution in [0.25, 0.3) is 11.3 Å². The molecule has 33 heavy (non-hydrogen) atoms. The van der Waals surface area contributed by atoms with Crippen LogP contribution >= 0.6 is 0 Å². The van der Waals surface area contributed by atoms with Gasteiger partial charge in [0.15, 0.2) is 0 Å². The van der Waals surface area contributed by atoms with Crippen molar-refractivity contribution in [3.63, 3.8) is 0 Å². The average molecular weight is 446 g/mol. The summed E-state index contributed by atoms with van der Waals surface area (Å²) in [5.74, 6) is 0.808. The van der Waals surface area contributed by atoms with Crippen molar-refractivity contribution in [2.45, 2.75) is 44.8 Å². The van der Waals surface area contributed by atoms with E-state index in [1.165, 1.54) is 6.42 Å². The van der Waals surface area contributed by atoms with E-state index in [0.29, 0.717) is 18.7 Å². The van der Waals surface area contributed by atoms with Gasteiger partial charge in [-0.05, 0) is 44.2 Å². The number of ether oxygens (including phenoxy) is 1. The molecule has 6 heteroatoms. The highest BCUT2D eigenvalue weighted by molar-refractivity contribution is 5.94. The van der Waals surface area contributed by atoms with Crippen LogP contribution in [0.4, 0.5) is 5.88 Å². The molecular weight excluding hydrogens is 414 g/mol. The maximum absolute atomic E-state index is 13.6. The first-order valence-electron chi connectivity index (χ1n) is 12.0. The Bertz CT molecular complexity index is 1040. The normalized spacial score (nSPS) is 18.4. The third-order valence-corrected chi connectivity index (χ3v) is 6.56. The minimum Gasteiger partial charge on any atom is -0.376 e. The lowest BCUT2D eigenvalue weighted by Crippen LogP contribution is -2.38. The Kier molecular flexibility index (Phi) is 6.72. The van der Waals surface area contributed by atoms with E-state index in [0.717, 1.165) is 68.1 Å². The number of aromatic nitrogens is 1. The Balaban J connectivity index is 1.51. The van der Waals surface area contributed by atoms with Gasteiger partial charge in [-0.25, -0.2) is 0 Å². The molecule has 3 heterocycles. The second-order valence-electron chi connectivity index (χ2n) is 8.92. The van der Waals surface area contributed by atoms with E-state index in [4.69, 9.17) is 9.26 Å². The van der Waals surface area contributed by atoms with Crippen LogP contribution < -0.4 is 4.90 Å². The zero-order valence-electron chi connectivity index (χ0n) is 19.0. The van der Waals surface area contributed by atoms with Crippen LogP contribution in [0, 0.1) is 0 Å². The van der Waals surface area contributed by atoms with E-state index in [2.05, 4.69) is 10.1 Å². The SMILES string of the molecule is O=C(c1ccccc1)N(Cc1c(-c2ccccc2)noc1N1CCCCC1)C[C@H]1CCCO1. The number of carbonyl (C=O) groups is 1. The lowest BCUT2D eigenvalue weighted by atomic mass is 10.0. The third-order valence-electron chi connectivity index (χ3n) is 6.56. The molecule has 6 nitrogen and oxygen atoms in total. The monoisotopic (exact) mass is 445 g/mol. The topological polar surface area (TPSA) is 58.8 Å². The van der Waals surface area contributed by atoms with Gasteiger partial charge in [-0.15, -0.1) is 0 Å². The fraction of sp³-hybridized carbons (Fsp3) is 0.407. The third kappa shape index (κ3) is 4.96. The van der Waals surface area contributed by atoms with E-state index < -0.39 is 0 Å². The van der Waals surface area contributed by atoms with Crippen LogP contribution in [0.15, 0.2) is 65.2 Å². The predicted molar refractivity (Wildman–Crippen MR) is 128 cm³/mol. The van der Waals surface area contributed by atoms with Crippen molar-refractivity contribution in [3.8, 4) is 11.3 Å². The second kappa shape index (κ2) is 10.2. The summed E-state index contributed by atoms with van der Waals surface area (Å²) in [6.07, 6.45) is 5.61. The van der Waals surface area contributed by atoms with Gasteiger partial charge in [-0.2, -0.15) is 0 Å². The summed E-state index contributed by atoms with van der Waals surface area (Å²) in [4.78, 5) is 17.8. The molecule has 0 saturated carbocycles. The van der Waals surface area contributed by atoms with Crippen LogP contribution in [-0.2, 0) is 11.3 Å².